The van der Waals surface area contributed by atoms with Gasteiger partial charge in [-0.25, -0.2) is 0 Å². The molecule has 0 aliphatic heterocycles. The molecule has 1 aromatic heterocycles. The van der Waals surface area contributed by atoms with E-state index in [-0.39, 0.29) is 11.8 Å². The first-order valence-electron chi connectivity index (χ1n) is 7.38. The van der Waals surface area contributed by atoms with Crippen LogP contribution in [0.3, 0.4) is 0 Å². The number of thiophene rings is 1. The fraction of sp³-hybridized carbons (Fsp3) is 0.412. The Morgan fingerprint density at radius 3 is 2.95 bits per heavy atom. The zero-order valence-electron chi connectivity index (χ0n) is 12.5. The van der Waals surface area contributed by atoms with Crippen LogP contribution in [0.25, 0.3) is 0 Å². The summed E-state index contributed by atoms with van der Waals surface area (Å²) in [5.74, 6) is 0.708. The van der Waals surface area contributed by atoms with Crippen LogP contribution in [0, 0.1) is 0 Å². The highest BCUT2D eigenvalue weighted by Crippen LogP contribution is 2.31. The number of phenols is 1. The third kappa shape index (κ3) is 3.06. The lowest BCUT2D eigenvalue weighted by atomic mass is 10.1. The molecule has 0 spiro atoms. The van der Waals surface area contributed by atoms with Crippen molar-refractivity contribution < 1.29 is 9.84 Å². The van der Waals surface area contributed by atoms with E-state index in [9.17, 15) is 5.11 Å². The number of aryl methyl sites for hydroxylation is 2. The van der Waals surface area contributed by atoms with Gasteiger partial charge in [0, 0.05) is 22.3 Å². The quantitative estimate of drug-likeness (QED) is 0.882. The third-order valence-electron chi connectivity index (χ3n) is 4.08. The number of rotatable bonds is 5. The van der Waals surface area contributed by atoms with Crippen LogP contribution in [-0.4, -0.2) is 12.2 Å². The maximum atomic E-state index is 9.65. The van der Waals surface area contributed by atoms with Crippen molar-refractivity contribution in [2.24, 2.45) is 0 Å². The molecule has 1 aliphatic carbocycles. The summed E-state index contributed by atoms with van der Waals surface area (Å²) < 4.78 is 5.16. The fourth-order valence-electron chi connectivity index (χ4n) is 2.81. The van der Waals surface area contributed by atoms with E-state index in [4.69, 9.17) is 4.74 Å². The molecule has 3 nitrogen and oxygen atoms in total. The summed E-state index contributed by atoms with van der Waals surface area (Å²) in [4.78, 5) is 2.99. The van der Waals surface area contributed by atoms with Crippen molar-refractivity contribution in [1.29, 1.82) is 0 Å². The van der Waals surface area contributed by atoms with Crippen molar-refractivity contribution in [3.63, 3.8) is 0 Å². The van der Waals surface area contributed by atoms with E-state index in [1.807, 2.05) is 23.5 Å². The van der Waals surface area contributed by atoms with E-state index in [1.54, 1.807) is 23.6 Å². The first-order valence-corrected chi connectivity index (χ1v) is 8.20. The summed E-state index contributed by atoms with van der Waals surface area (Å²) in [7, 11) is 1.57. The van der Waals surface area contributed by atoms with Gasteiger partial charge < -0.3 is 15.2 Å². The topological polar surface area (TPSA) is 41.5 Å². The molecule has 112 valence electrons. The van der Waals surface area contributed by atoms with E-state index < -0.39 is 0 Å². The Balaban J connectivity index is 1.64. The minimum atomic E-state index is 0.183. The molecule has 1 heterocycles. The van der Waals surface area contributed by atoms with Gasteiger partial charge in [0.25, 0.3) is 0 Å². The maximum Gasteiger partial charge on any atom is 0.160 e. The highest BCUT2D eigenvalue weighted by molar-refractivity contribution is 7.12. The van der Waals surface area contributed by atoms with Gasteiger partial charge in [-0.2, -0.15) is 0 Å². The van der Waals surface area contributed by atoms with Gasteiger partial charge >= 0.3 is 0 Å². The van der Waals surface area contributed by atoms with Crippen LogP contribution in [0.4, 0.5) is 0 Å². The van der Waals surface area contributed by atoms with E-state index in [1.165, 1.54) is 24.1 Å². The van der Waals surface area contributed by atoms with Crippen molar-refractivity contribution in [2.75, 3.05) is 7.11 Å². The number of aromatic hydroxyl groups is 1. The van der Waals surface area contributed by atoms with Gasteiger partial charge in [-0.3, -0.25) is 0 Å². The van der Waals surface area contributed by atoms with Crippen LogP contribution in [-0.2, 0) is 19.4 Å². The monoisotopic (exact) mass is 303 g/mol. The van der Waals surface area contributed by atoms with Crippen LogP contribution in [0.15, 0.2) is 24.3 Å². The molecule has 0 amide bonds. The van der Waals surface area contributed by atoms with Gasteiger partial charge in [-0.15, -0.1) is 11.3 Å². The van der Waals surface area contributed by atoms with E-state index in [0.29, 0.717) is 5.75 Å². The molecule has 3 rings (SSSR count). The molecule has 0 saturated carbocycles. The average molecular weight is 303 g/mol. The molecule has 2 aromatic rings. The summed E-state index contributed by atoms with van der Waals surface area (Å²) in [6.07, 6.45) is 3.82. The minimum Gasteiger partial charge on any atom is -0.504 e. The Kier molecular flexibility index (Phi) is 4.17. The van der Waals surface area contributed by atoms with Gasteiger partial charge in [0.2, 0.25) is 0 Å². The largest absolute Gasteiger partial charge is 0.504 e. The molecule has 1 unspecified atom stereocenters. The van der Waals surface area contributed by atoms with Crippen molar-refractivity contribution in [3.05, 3.63) is 45.1 Å². The van der Waals surface area contributed by atoms with Crippen molar-refractivity contribution in [2.45, 2.75) is 38.8 Å². The number of fused-ring (bicyclic) bond motifs is 1. The highest BCUT2D eigenvalue weighted by atomic mass is 32.1. The molecule has 0 fully saturated rings. The lowest BCUT2D eigenvalue weighted by molar-refractivity contribution is 0.372. The molecular formula is C17H21NO2S. The summed E-state index contributed by atoms with van der Waals surface area (Å²) in [6.45, 7) is 3.02. The Morgan fingerprint density at radius 2 is 2.19 bits per heavy atom. The Labute approximate surface area is 129 Å². The molecule has 21 heavy (non-hydrogen) atoms. The molecule has 1 aromatic carbocycles. The van der Waals surface area contributed by atoms with Gasteiger partial charge in [-0.1, -0.05) is 6.07 Å². The second-order valence-corrected chi connectivity index (χ2v) is 6.77. The SMILES string of the molecule is COc1cc(C(C)NCc2cc3c(s2)CCC3)ccc1O. The summed E-state index contributed by atoms with van der Waals surface area (Å²) in [5, 5.41) is 13.2. The predicted octanol–water partition coefficient (Wildman–Crippen LogP) is 3.80. The minimum absolute atomic E-state index is 0.183. The molecule has 4 heteroatoms. The first-order chi connectivity index (χ1) is 10.2. The lowest BCUT2D eigenvalue weighted by Crippen LogP contribution is -2.17. The second-order valence-electron chi connectivity index (χ2n) is 5.55. The van der Waals surface area contributed by atoms with E-state index >= 15 is 0 Å². The summed E-state index contributed by atoms with van der Waals surface area (Å²) >= 11 is 1.94. The first kappa shape index (κ1) is 14.4. The normalized spacial score (nSPS) is 15.0. The Bertz CT molecular complexity index is 614. The molecule has 2 N–H and O–H groups in total. The van der Waals surface area contributed by atoms with Gasteiger partial charge in [0.15, 0.2) is 11.5 Å². The average Bonchev–Trinajstić information content (AvgIpc) is 3.06. The smallest absolute Gasteiger partial charge is 0.160 e. The van der Waals surface area contributed by atoms with Crippen LogP contribution in [0.1, 0.15) is 40.3 Å². The highest BCUT2D eigenvalue weighted by Gasteiger charge is 2.15. The number of hydrogen-bond donors (Lipinski definition) is 2. The number of ether oxygens (including phenoxy) is 1. The summed E-state index contributed by atoms with van der Waals surface area (Å²) in [5.41, 5.74) is 2.67. The van der Waals surface area contributed by atoms with Gasteiger partial charge in [-0.05, 0) is 55.5 Å². The predicted molar refractivity (Wildman–Crippen MR) is 86.3 cm³/mol. The second kappa shape index (κ2) is 6.08. The van der Waals surface area contributed by atoms with Crippen LogP contribution in [0.2, 0.25) is 0 Å². The number of hydrogen-bond acceptors (Lipinski definition) is 4. The van der Waals surface area contributed by atoms with Crippen LogP contribution >= 0.6 is 11.3 Å². The van der Waals surface area contributed by atoms with E-state index in [0.717, 1.165) is 12.1 Å². The van der Waals surface area contributed by atoms with Gasteiger partial charge in [0.1, 0.15) is 0 Å². The zero-order chi connectivity index (χ0) is 14.8. The molecule has 0 bridgehead atoms. The summed E-state index contributed by atoms with van der Waals surface area (Å²) in [6, 6.07) is 8.08. The van der Waals surface area contributed by atoms with Crippen LogP contribution in [0.5, 0.6) is 11.5 Å². The molecular weight excluding hydrogens is 282 g/mol. The standard InChI is InChI=1S/C17H21NO2S/c1-11(12-6-7-15(19)16(9-12)20-2)18-10-14-8-13-4-3-5-17(13)21-14/h6-9,11,18-19H,3-5,10H2,1-2H3. The Morgan fingerprint density at radius 1 is 1.33 bits per heavy atom. The Hall–Kier alpha value is -1.52. The van der Waals surface area contributed by atoms with Crippen LogP contribution < -0.4 is 10.1 Å². The van der Waals surface area contributed by atoms with Crippen molar-refractivity contribution in [3.8, 4) is 11.5 Å². The fourth-order valence-corrected chi connectivity index (χ4v) is 4.02. The lowest BCUT2D eigenvalue weighted by Gasteiger charge is -2.15. The van der Waals surface area contributed by atoms with E-state index in [2.05, 4.69) is 18.3 Å². The zero-order valence-corrected chi connectivity index (χ0v) is 13.3. The number of benzene rings is 1. The molecule has 1 atom stereocenters. The number of methoxy groups -OCH3 is 1. The number of nitrogens with one attached hydrogen (secondary N) is 1. The maximum absolute atomic E-state index is 9.65. The molecule has 1 aliphatic rings. The van der Waals surface area contributed by atoms with Crippen molar-refractivity contribution in [1.82, 2.24) is 5.32 Å². The number of phenolic OH excluding ortho intramolecular Hbond substituents is 1. The molecule has 0 radical (unpaired) electrons. The van der Waals surface area contributed by atoms with Gasteiger partial charge in [0.05, 0.1) is 7.11 Å². The molecule has 0 saturated heterocycles. The van der Waals surface area contributed by atoms with Crippen molar-refractivity contribution >= 4 is 11.3 Å². The third-order valence-corrected chi connectivity index (χ3v) is 5.32.